The number of rotatable bonds is 1. The summed E-state index contributed by atoms with van der Waals surface area (Å²) < 4.78 is 2.73. The Kier molecular flexibility index (Phi) is 3.64. The zero-order valence-corrected chi connectivity index (χ0v) is 17.8. The lowest BCUT2D eigenvalue weighted by Gasteiger charge is -2.35. The molecule has 4 aromatic carbocycles. The summed E-state index contributed by atoms with van der Waals surface area (Å²) in [5.74, 6) is 0.784. The van der Waals surface area contributed by atoms with E-state index in [0.29, 0.717) is 11.8 Å². The average molecular weight is 413 g/mol. The van der Waals surface area contributed by atoms with Crippen molar-refractivity contribution in [2.24, 2.45) is 0 Å². The summed E-state index contributed by atoms with van der Waals surface area (Å²) in [6.07, 6.45) is 7.25. The summed E-state index contributed by atoms with van der Waals surface area (Å²) in [5, 5.41) is 2.72. The van der Waals surface area contributed by atoms with Crippen molar-refractivity contribution in [1.82, 2.24) is 0 Å². The number of hydrogen-bond donors (Lipinski definition) is 0. The predicted octanol–water partition coefficient (Wildman–Crippen LogP) is 8.56. The van der Waals surface area contributed by atoms with Crippen LogP contribution < -0.4 is 0 Å². The van der Waals surface area contributed by atoms with E-state index in [0.717, 1.165) is 0 Å². The fourth-order valence-corrected chi connectivity index (χ4v) is 6.57. The predicted molar refractivity (Wildman–Crippen MR) is 134 cm³/mol. The zero-order chi connectivity index (χ0) is 20.4. The van der Waals surface area contributed by atoms with E-state index in [9.17, 15) is 0 Å². The van der Waals surface area contributed by atoms with Crippen LogP contribution >= 0.6 is 11.3 Å². The van der Waals surface area contributed by atoms with Gasteiger partial charge < -0.3 is 0 Å². The van der Waals surface area contributed by atoms with Gasteiger partial charge in [-0.25, -0.2) is 0 Å². The van der Waals surface area contributed by atoms with Crippen LogP contribution in [0.25, 0.3) is 36.9 Å². The largest absolute Gasteiger partial charge is 0.135 e. The van der Waals surface area contributed by atoms with E-state index in [1.807, 2.05) is 11.3 Å². The third kappa shape index (κ3) is 2.54. The van der Waals surface area contributed by atoms with Gasteiger partial charge in [0.25, 0.3) is 0 Å². The minimum absolute atomic E-state index is 0.379. The van der Waals surface area contributed by atoms with Crippen LogP contribution in [0.5, 0.6) is 0 Å². The Morgan fingerprint density at radius 3 is 2.10 bits per heavy atom. The Morgan fingerprint density at radius 1 is 0.581 bits per heavy atom. The maximum atomic E-state index is 2.49. The number of fused-ring (bicyclic) bond motifs is 9. The molecule has 1 aromatic heterocycles. The maximum absolute atomic E-state index is 2.49. The lowest BCUT2D eigenvalue weighted by atomic mass is 9.69. The van der Waals surface area contributed by atoms with Crippen molar-refractivity contribution in [1.29, 1.82) is 0 Å². The molecular formula is C30H20S. The third-order valence-electron chi connectivity index (χ3n) is 6.87. The van der Waals surface area contributed by atoms with Gasteiger partial charge in [0, 0.05) is 32.0 Å². The molecule has 0 fully saturated rings. The average Bonchev–Trinajstić information content (AvgIpc) is 3.22. The summed E-state index contributed by atoms with van der Waals surface area (Å²) in [6.45, 7) is 0. The highest BCUT2D eigenvalue weighted by Gasteiger charge is 2.32. The molecule has 7 rings (SSSR count). The van der Waals surface area contributed by atoms with Gasteiger partial charge >= 0.3 is 0 Å². The first kappa shape index (κ1) is 17.3. The maximum Gasteiger partial charge on any atom is 0.0361 e. The Bertz CT molecular complexity index is 1550. The summed E-state index contributed by atoms with van der Waals surface area (Å²) >= 11 is 1.89. The Labute approximate surface area is 185 Å². The fourth-order valence-electron chi connectivity index (χ4n) is 5.42. The topological polar surface area (TPSA) is 0 Å². The van der Waals surface area contributed by atoms with E-state index in [-0.39, 0.29) is 0 Å². The second-order valence-electron chi connectivity index (χ2n) is 8.52. The Morgan fingerprint density at radius 2 is 1.26 bits per heavy atom. The first-order valence-corrected chi connectivity index (χ1v) is 11.7. The van der Waals surface area contributed by atoms with Gasteiger partial charge in [0.05, 0.1) is 0 Å². The first-order chi connectivity index (χ1) is 15.4. The van der Waals surface area contributed by atoms with Crippen molar-refractivity contribution < 1.29 is 0 Å². The standard InChI is InChI=1S/C30H20S/c1-2-9-23-21(7-1)22-8-3-4-10-24(22)28-17-19(13-15-25(23)28)20-14-16-27-26-11-5-6-12-29(26)31-30(27)18-20/h1-18,25,28H. The van der Waals surface area contributed by atoms with E-state index >= 15 is 0 Å². The molecule has 0 spiro atoms. The van der Waals surface area contributed by atoms with E-state index in [4.69, 9.17) is 0 Å². The molecular weight excluding hydrogens is 392 g/mol. The smallest absolute Gasteiger partial charge is 0.0361 e. The molecule has 0 amide bonds. The highest BCUT2D eigenvalue weighted by atomic mass is 32.1. The van der Waals surface area contributed by atoms with Gasteiger partial charge in [0.2, 0.25) is 0 Å². The van der Waals surface area contributed by atoms with Gasteiger partial charge in [-0.05, 0) is 45.5 Å². The van der Waals surface area contributed by atoms with Crippen LogP contribution in [0.2, 0.25) is 0 Å². The van der Waals surface area contributed by atoms with E-state index < -0.39 is 0 Å². The molecule has 31 heavy (non-hydrogen) atoms. The van der Waals surface area contributed by atoms with Crippen molar-refractivity contribution in [3.05, 3.63) is 126 Å². The Hall–Kier alpha value is -3.42. The van der Waals surface area contributed by atoms with Gasteiger partial charge in [-0.1, -0.05) is 97.1 Å². The molecule has 1 heterocycles. The number of thiophene rings is 1. The van der Waals surface area contributed by atoms with Crippen LogP contribution in [0.3, 0.4) is 0 Å². The summed E-state index contributed by atoms with van der Waals surface area (Å²) in [6, 6.07) is 33.5. The van der Waals surface area contributed by atoms with Crippen LogP contribution in [-0.2, 0) is 0 Å². The van der Waals surface area contributed by atoms with Crippen molar-refractivity contribution in [3.8, 4) is 11.1 Å². The van der Waals surface area contributed by atoms with Gasteiger partial charge in [-0.15, -0.1) is 11.3 Å². The normalized spacial score (nSPS) is 19.0. The number of benzene rings is 4. The lowest BCUT2D eigenvalue weighted by Crippen LogP contribution is -2.17. The first-order valence-electron chi connectivity index (χ1n) is 10.9. The number of hydrogen-bond acceptors (Lipinski definition) is 1. The van der Waals surface area contributed by atoms with Gasteiger partial charge in [-0.3, -0.25) is 0 Å². The monoisotopic (exact) mass is 412 g/mol. The second-order valence-corrected chi connectivity index (χ2v) is 9.60. The zero-order valence-electron chi connectivity index (χ0n) is 17.0. The molecule has 0 nitrogen and oxygen atoms in total. The van der Waals surface area contributed by atoms with E-state index in [1.165, 1.54) is 53.6 Å². The minimum Gasteiger partial charge on any atom is -0.135 e. The molecule has 0 N–H and O–H groups in total. The lowest BCUT2D eigenvalue weighted by molar-refractivity contribution is 0.722. The molecule has 0 aliphatic heterocycles. The highest BCUT2D eigenvalue weighted by Crippen LogP contribution is 2.51. The summed E-state index contributed by atoms with van der Waals surface area (Å²) in [7, 11) is 0. The molecule has 2 unspecified atom stereocenters. The molecule has 2 atom stereocenters. The van der Waals surface area contributed by atoms with Crippen molar-refractivity contribution >= 4 is 37.1 Å². The second kappa shape index (κ2) is 6.54. The summed E-state index contributed by atoms with van der Waals surface area (Å²) in [4.78, 5) is 0. The van der Waals surface area contributed by atoms with Crippen LogP contribution in [0.15, 0.2) is 109 Å². The van der Waals surface area contributed by atoms with Crippen molar-refractivity contribution in [3.63, 3.8) is 0 Å². The molecule has 1 heteroatoms. The minimum atomic E-state index is 0.379. The van der Waals surface area contributed by atoms with Gasteiger partial charge in [0.1, 0.15) is 0 Å². The molecule has 0 saturated carbocycles. The third-order valence-corrected chi connectivity index (χ3v) is 8.00. The van der Waals surface area contributed by atoms with Crippen molar-refractivity contribution in [2.45, 2.75) is 11.8 Å². The van der Waals surface area contributed by atoms with E-state index in [1.54, 1.807) is 0 Å². The van der Waals surface area contributed by atoms with E-state index in [2.05, 4.69) is 109 Å². The molecule has 2 aliphatic rings. The summed E-state index contributed by atoms with van der Waals surface area (Å²) in [5.41, 5.74) is 8.28. The number of allylic oxidation sites excluding steroid dienone is 4. The van der Waals surface area contributed by atoms with Crippen LogP contribution in [0.1, 0.15) is 28.5 Å². The fraction of sp³-hybridized carbons (Fsp3) is 0.0667. The molecule has 0 bridgehead atoms. The molecule has 5 aromatic rings. The quantitative estimate of drug-likeness (QED) is 0.259. The van der Waals surface area contributed by atoms with Crippen LogP contribution in [0.4, 0.5) is 0 Å². The molecule has 2 aliphatic carbocycles. The highest BCUT2D eigenvalue weighted by molar-refractivity contribution is 7.25. The SMILES string of the molecule is C1=CC2c3ccccc3-c3ccccc3C2C=C1c1ccc2c(c1)sc1ccccc12. The Balaban J connectivity index is 1.38. The molecule has 0 radical (unpaired) electrons. The van der Waals surface area contributed by atoms with Gasteiger partial charge in [0.15, 0.2) is 0 Å². The van der Waals surface area contributed by atoms with Crippen LogP contribution in [-0.4, -0.2) is 0 Å². The van der Waals surface area contributed by atoms with Crippen molar-refractivity contribution in [2.75, 3.05) is 0 Å². The van der Waals surface area contributed by atoms with Gasteiger partial charge in [-0.2, -0.15) is 0 Å². The molecule has 146 valence electrons. The molecule has 0 saturated heterocycles. The van der Waals surface area contributed by atoms with Crippen LogP contribution in [0, 0.1) is 0 Å².